The molecule has 0 aliphatic carbocycles. The van der Waals surface area contributed by atoms with E-state index in [1.165, 1.54) is 0 Å². The van der Waals surface area contributed by atoms with E-state index in [2.05, 4.69) is 5.32 Å². The van der Waals surface area contributed by atoms with Crippen molar-refractivity contribution in [1.82, 2.24) is 9.55 Å². The first-order chi connectivity index (χ1) is 19.0. The number of amides is 2. The van der Waals surface area contributed by atoms with Crippen molar-refractivity contribution in [2.24, 2.45) is 0 Å². The highest BCUT2D eigenvalue weighted by atomic mass is 35.5. The first-order valence-electron chi connectivity index (χ1n) is 13.2. The Bertz CT molecular complexity index is 1710. The predicted octanol–water partition coefficient (Wildman–Crippen LogP) is 7.39. The van der Waals surface area contributed by atoms with Crippen LogP contribution < -0.4 is 15.0 Å². The van der Waals surface area contributed by atoms with Crippen molar-refractivity contribution in [1.29, 1.82) is 0 Å². The summed E-state index contributed by atoms with van der Waals surface area (Å²) in [6.07, 6.45) is -0.0676. The van der Waals surface area contributed by atoms with Gasteiger partial charge < -0.3 is 14.6 Å². The number of nitrogens with one attached hydrogen (secondary N) is 1. The van der Waals surface area contributed by atoms with Crippen LogP contribution in [0.1, 0.15) is 61.0 Å². The smallest absolute Gasteiger partial charge is 0.280 e. The minimum Gasteiger partial charge on any atom is -0.490 e. The normalized spacial score (nSPS) is 17.7. The summed E-state index contributed by atoms with van der Waals surface area (Å²) in [5, 5.41) is 3.93. The minimum atomic E-state index is -1.54. The number of aryl methyl sites for hydroxylation is 1. The standard InChI is InChI=1S/C31H28Cl2N4O3/c1-16(2)36-27-26(35-28(36)21-8-6-7-9-25(21)40-17(3)4)29(38)37(24-15-20(33)11-10-18(24)5)31(27)22-13-12-19(32)14-23(22)34-30(31)39/h6-17H,1-5H3,(H,34,39). The number of fused-ring (bicyclic) bond motifs is 4. The Morgan fingerprint density at radius 2 is 1.65 bits per heavy atom. The number of ether oxygens (including phenoxy) is 1. The lowest BCUT2D eigenvalue weighted by Gasteiger charge is -2.36. The predicted molar refractivity (Wildman–Crippen MR) is 158 cm³/mol. The fraction of sp³-hybridized carbons (Fsp3) is 0.258. The molecule has 0 radical (unpaired) electrons. The van der Waals surface area contributed by atoms with E-state index in [-0.39, 0.29) is 29.7 Å². The van der Waals surface area contributed by atoms with Crippen LogP contribution in [0.2, 0.25) is 10.0 Å². The third-order valence-corrected chi connectivity index (χ3v) is 7.83. The molecule has 3 aromatic carbocycles. The second-order valence-electron chi connectivity index (χ2n) is 10.7. The molecule has 6 rings (SSSR count). The van der Waals surface area contributed by atoms with E-state index < -0.39 is 5.54 Å². The monoisotopic (exact) mass is 574 g/mol. The zero-order valence-electron chi connectivity index (χ0n) is 22.8. The number of anilines is 2. The number of rotatable bonds is 5. The molecular weight excluding hydrogens is 547 g/mol. The van der Waals surface area contributed by atoms with Gasteiger partial charge in [0.2, 0.25) is 0 Å². The molecule has 0 saturated carbocycles. The highest BCUT2D eigenvalue weighted by Crippen LogP contribution is 2.55. The summed E-state index contributed by atoms with van der Waals surface area (Å²) < 4.78 is 8.12. The van der Waals surface area contributed by atoms with Gasteiger partial charge in [-0.3, -0.25) is 14.5 Å². The van der Waals surface area contributed by atoms with Crippen LogP contribution >= 0.6 is 23.2 Å². The molecule has 7 nitrogen and oxygen atoms in total. The number of carbonyl (C=O) groups is 2. The molecule has 204 valence electrons. The van der Waals surface area contributed by atoms with Gasteiger partial charge in [-0.1, -0.05) is 47.5 Å². The molecular formula is C31H28Cl2N4O3. The average Bonchev–Trinajstić information content (AvgIpc) is 3.49. The summed E-state index contributed by atoms with van der Waals surface area (Å²) in [5.41, 5.74) is 2.41. The van der Waals surface area contributed by atoms with Crippen LogP contribution in [-0.2, 0) is 10.3 Å². The van der Waals surface area contributed by atoms with E-state index in [1.54, 1.807) is 35.2 Å². The van der Waals surface area contributed by atoms with Crippen LogP contribution in [0.5, 0.6) is 5.75 Å². The summed E-state index contributed by atoms with van der Waals surface area (Å²) in [7, 11) is 0. The van der Waals surface area contributed by atoms with Crippen LogP contribution in [0.25, 0.3) is 11.4 Å². The van der Waals surface area contributed by atoms with Crippen molar-refractivity contribution in [3.63, 3.8) is 0 Å². The molecule has 1 atom stereocenters. The van der Waals surface area contributed by atoms with E-state index in [4.69, 9.17) is 32.9 Å². The number of benzene rings is 3. The molecule has 4 aromatic rings. The lowest BCUT2D eigenvalue weighted by Crippen LogP contribution is -2.51. The number of carbonyl (C=O) groups excluding carboxylic acids is 2. The lowest BCUT2D eigenvalue weighted by atomic mass is 9.86. The molecule has 40 heavy (non-hydrogen) atoms. The molecule has 1 aromatic heterocycles. The Labute approximate surface area is 242 Å². The molecule has 0 fully saturated rings. The van der Waals surface area contributed by atoms with Crippen LogP contribution in [0, 0.1) is 6.92 Å². The second kappa shape index (κ2) is 9.39. The molecule has 1 unspecified atom stereocenters. The highest BCUT2D eigenvalue weighted by Gasteiger charge is 2.64. The molecule has 9 heteroatoms. The third kappa shape index (κ3) is 3.68. The van der Waals surface area contributed by atoms with Crippen LogP contribution in [0.3, 0.4) is 0 Å². The van der Waals surface area contributed by atoms with E-state index in [0.29, 0.717) is 44.3 Å². The summed E-state index contributed by atoms with van der Waals surface area (Å²) >= 11 is 12.8. The summed E-state index contributed by atoms with van der Waals surface area (Å²) in [5.74, 6) is 0.453. The maximum Gasteiger partial charge on any atom is 0.280 e. The molecule has 0 saturated heterocycles. The number of hydrogen-bond donors (Lipinski definition) is 1. The molecule has 2 amide bonds. The van der Waals surface area contributed by atoms with Gasteiger partial charge in [0.05, 0.1) is 23.0 Å². The molecule has 2 aliphatic rings. The fourth-order valence-electron chi connectivity index (χ4n) is 5.83. The van der Waals surface area contributed by atoms with Gasteiger partial charge in [0.25, 0.3) is 11.8 Å². The number of aromatic nitrogens is 2. The maximum absolute atomic E-state index is 14.5. The van der Waals surface area contributed by atoms with Crippen LogP contribution in [0.15, 0.2) is 60.7 Å². The largest absolute Gasteiger partial charge is 0.490 e. The number of nitrogens with zero attached hydrogens (tertiary/aromatic N) is 3. The molecule has 1 spiro atoms. The molecule has 0 bridgehead atoms. The van der Waals surface area contributed by atoms with E-state index in [9.17, 15) is 9.59 Å². The van der Waals surface area contributed by atoms with E-state index in [1.807, 2.05) is 69.5 Å². The van der Waals surface area contributed by atoms with Gasteiger partial charge in [-0.2, -0.15) is 0 Å². The first kappa shape index (κ1) is 26.4. The van der Waals surface area contributed by atoms with Gasteiger partial charge in [0.15, 0.2) is 11.2 Å². The maximum atomic E-state index is 14.5. The minimum absolute atomic E-state index is 0.0676. The zero-order chi connectivity index (χ0) is 28.5. The number of hydrogen-bond acceptors (Lipinski definition) is 4. The Morgan fingerprint density at radius 1 is 0.950 bits per heavy atom. The van der Waals surface area contributed by atoms with Crippen molar-refractivity contribution in [3.8, 4) is 17.1 Å². The van der Waals surface area contributed by atoms with Gasteiger partial charge in [-0.15, -0.1) is 0 Å². The number of imidazole rings is 1. The Hall–Kier alpha value is -3.81. The quantitative estimate of drug-likeness (QED) is 0.269. The highest BCUT2D eigenvalue weighted by molar-refractivity contribution is 6.32. The van der Waals surface area contributed by atoms with Gasteiger partial charge in [-0.05, 0) is 76.6 Å². The lowest BCUT2D eigenvalue weighted by molar-refractivity contribution is -0.119. The number of para-hydroxylation sites is 1. The summed E-state index contributed by atoms with van der Waals surface area (Å²) in [6.45, 7) is 9.83. The average molecular weight is 575 g/mol. The summed E-state index contributed by atoms with van der Waals surface area (Å²) in [6, 6.07) is 18.0. The molecule has 1 N–H and O–H groups in total. The summed E-state index contributed by atoms with van der Waals surface area (Å²) in [4.78, 5) is 35.3. The van der Waals surface area contributed by atoms with Crippen molar-refractivity contribution in [2.75, 3.05) is 10.2 Å². The van der Waals surface area contributed by atoms with Gasteiger partial charge in [0, 0.05) is 27.3 Å². The molecule has 2 aliphatic heterocycles. The van der Waals surface area contributed by atoms with Crippen molar-refractivity contribution in [3.05, 3.63) is 93.2 Å². The Balaban J connectivity index is 1.72. The Morgan fingerprint density at radius 3 is 2.38 bits per heavy atom. The van der Waals surface area contributed by atoms with E-state index >= 15 is 0 Å². The second-order valence-corrected chi connectivity index (χ2v) is 11.6. The van der Waals surface area contributed by atoms with Gasteiger partial charge in [-0.25, -0.2) is 4.98 Å². The fourth-order valence-corrected chi connectivity index (χ4v) is 6.17. The van der Waals surface area contributed by atoms with Crippen molar-refractivity contribution < 1.29 is 14.3 Å². The van der Waals surface area contributed by atoms with Crippen LogP contribution in [0.4, 0.5) is 11.4 Å². The van der Waals surface area contributed by atoms with E-state index in [0.717, 1.165) is 11.1 Å². The zero-order valence-corrected chi connectivity index (χ0v) is 24.3. The van der Waals surface area contributed by atoms with Crippen molar-refractivity contribution >= 4 is 46.4 Å². The SMILES string of the molecule is Cc1ccc(Cl)cc1N1C(=O)c2nc(-c3ccccc3OC(C)C)n(C(C)C)c2C12C(=O)Nc1cc(Cl)ccc12. The Kier molecular flexibility index (Phi) is 6.20. The third-order valence-electron chi connectivity index (χ3n) is 7.36. The topological polar surface area (TPSA) is 76.5 Å². The molecule has 3 heterocycles. The van der Waals surface area contributed by atoms with Gasteiger partial charge >= 0.3 is 0 Å². The van der Waals surface area contributed by atoms with Crippen LogP contribution in [-0.4, -0.2) is 27.5 Å². The number of halogens is 2. The first-order valence-corrected chi connectivity index (χ1v) is 13.9. The van der Waals surface area contributed by atoms with Crippen molar-refractivity contribution in [2.45, 2.75) is 52.3 Å². The van der Waals surface area contributed by atoms with Gasteiger partial charge in [0.1, 0.15) is 11.6 Å².